The second kappa shape index (κ2) is 9.57. The van der Waals surface area contributed by atoms with Crippen LogP contribution in [0.2, 0.25) is 0 Å². The van der Waals surface area contributed by atoms with Crippen LogP contribution in [0.5, 0.6) is 5.75 Å². The zero-order valence-corrected chi connectivity index (χ0v) is 18.1. The third-order valence-electron chi connectivity index (χ3n) is 5.18. The van der Waals surface area contributed by atoms with Crippen molar-refractivity contribution in [1.29, 1.82) is 0 Å². The number of carbonyl (C=O) groups excluding carboxylic acids is 1. The third kappa shape index (κ3) is 5.37. The number of halogens is 1. The highest BCUT2D eigenvalue weighted by Gasteiger charge is 2.29. The van der Waals surface area contributed by atoms with Gasteiger partial charge < -0.3 is 9.64 Å². The highest BCUT2D eigenvalue weighted by molar-refractivity contribution is 7.89. The summed E-state index contributed by atoms with van der Waals surface area (Å²) in [5, 5.41) is 0. The number of rotatable bonds is 7. The van der Waals surface area contributed by atoms with Crippen LogP contribution in [0, 0.1) is 19.7 Å². The van der Waals surface area contributed by atoms with Gasteiger partial charge in [-0.05, 0) is 61.7 Å². The van der Waals surface area contributed by atoms with E-state index in [2.05, 4.69) is 0 Å². The number of nitrogens with zero attached hydrogens (tertiary/aromatic N) is 2. The van der Waals surface area contributed by atoms with E-state index in [0.29, 0.717) is 32.5 Å². The van der Waals surface area contributed by atoms with Gasteiger partial charge in [-0.25, -0.2) is 12.8 Å². The van der Waals surface area contributed by atoms with E-state index in [1.54, 1.807) is 4.90 Å². The molecule has 1 fully saturated rings. The summed E-state index contributed by atoms with van der Waals surface area (Å²) < 4.78 is 45.5. The van der Waals surface area contributed by atoms with Gasteiger partial charge in [-0.2, -0.15) is 4.31 Å². The van der Waals surface area contributed by atoms with E-state index < -0.39 is 15.8 Å². The zero-order valence-electron chi connectivity index (χ0n) is 17.3. The largest absolute Gasteiger partial charge is 0.493 e. The number of hydrogen-bond donors (Lipinski definition) is 0. The molecule has 2 aromatic rings. The van der Waals surface area contributed by atoms with Crippen molar-refractivity contribution in [2.45, 2.75) is 31.6 Å². The van der Waals surface area contributed by atoms with Crippen LogP contribution in [-0.4, -0.2) is 56.3 Å². The predicted octanol–water partition coefficient (Wildman–Crippen LogP) is 3.13. The molecule has 162 valence electrons. The highest BCUT2D eigenvalue weighted by atomic mass is 32.2. The molecule has 6 nitrogen and oxygen atoms in total. The molecule has 0 unspecified atom stereocenters. The molecule has 0 radical (unpaired) electrons. The van der Waals surface area contributed by atoms with Gasteiger partial charge in [0.25, 0.3) is 0 Å². The van der Waals surface area contributed by atoms with Crippen LogP contribution in [0.4, 0.5) is 4.39 Å². The van der Waals surface area contributed by atoms with Gasteiger partial charge in [-0.3, -0.25) is 4.79 Å². The molecule has 0 N–H and O–H groups in total. The van der Waals surface area contributed by atoms with E-state index in [1.165, 1.54) is 16.4 Å². The van der Waals surface area contributed by atoms with Gasteiger partial charge in [0.1, 0.15) is 11.6 Å². The Hall–Kier alpha value is -2.45. The molecule has 0 atom stereocenters. The number of sulfonamides is 1. The third-order valence-corrected chi connectivity index (χ3v) is 7.09. The van der Waals surface area contributed by atoms with Crippen LogP contribution >= 0.6 is 0 Å². The molecular formula is C22H27FN2O4S. The lowest BCUT2D eigenvalue weighted by atomic mass is 10.1. The van der Waals surface area contributed by atoms with Crippen molar-refractivity contribution in [3.63, 3.8) is 0 Å². The van der Waals surface area contributed by atoms with Gasteiger partial charge in [0.15, 0.2) is 0 Å². The minimum absolute atomic E-state index is 0.00149. The van der Waals surface area contributed by atoms with Gasteiger partial charge in [0.2, 0.25) is 15.9 Å². The Morgan fingerprint density at radius 2 is 1.70 bits per heavy atom. The van der Waals surface area contributed by atoms with E-state index >= 15 is 0 Å². The highest BCUT2D eigenvalue weighted by Crippen LogP contribution is 2.20. The lowest BCUT2D eigenvalue weighted by Crippen LogP contribution is -2.50. The van der Waals surface area contributed by atoms with Crippen LogP contribution in [0.15, 0.2) is 47.4 Å². The van der Waals surface area contributed by atoms with Gasteiger partial charge in [0.05, 0.1) is 11.5 Å². The van der Waals surface area contributed by atoms with Crippen LogP contribution in [0.3, 0.4) is 0 Å². The summed E-state index contributed by atoms with van der Waals surface area (Å²) in [7, 11) is -3.68. The van der Waals surface area contributed by atoms with Crippen LogP contribution in [0.25, 0.3) is 0 Å². The average Bonchev–Trinajstić information content (AvgIpc) is 2.74. The predicted molar refractivity (Wildman–Crippen MR) is 112 cm³/mol. The number of hydrogen-bond acceptors (Lipinski definition) is 4. The number of benzene rings is 2. The minimum Gasteiger partial charge on any atom is -0.493 e. The molecule has 0 aromatic heterocycles. The van der Waals surface area contributed by atoms with E-state index in [4.69, 9.17) is 4.74 Å². The smallest absolute Gasteiger partial charge is 0.243 e. The van der Waals surface area contributed by atoms with Crippen molar-refractivity contribution < 1.29 is 22.3 Å². The molecule has 0 spiro atoms. The minimum atomic E-state index is -3.68. The molecule has 1 aliphatic heterocycles. The van der Waals surface area contributed by atoms with Crippen molar-refractivity contribution in [3.8, 4) is 5.75 Å². The van der Waals surface area contributed by atoms with E-state index in [0.717, 1.165) is 29.0 Å². The molecule has 0 bridgehead atoms. The first-order chi connectivity index (χ1) is 14.3. The Morgan fingerprint density at radius 1 is 1.03 bits per heavy atom. The van der Waals surface area contributed by atoms with Gasteiger partial charge in [-0.15, -0.1) is 0 Å². The quantitative estimate of drug-likeness (QED) is 0.628. The van der Waals surface area contributed by atoms with E-state index in [1.807, 2.05) is 32.0 Å². The van der Waals surface area contributed by atoms with Crippen molar-refractivity contribution in [3.05, 3.63) is 59.4 Å². The maximum Gasteiger partial charge on any atom is 0.243 e. The molecule has 0 saturated carbocycles. The van der Waals surface area contributed by atoms with Gasteiger partial charge in [-0.1, -0.05) is 12.1 Å². The second-order valence-corrected chi connectivity index (χ2v) is 9.40. The van der Waals surface area contributed by atoms with Gasteiger partial charge in [0, 0.05) is 32.6 Å². The summed E-state index contributed by atoms with van der Waals surface area (Å²) in [5.41, 5.74) is 2.19. The number of piperazine rings is 1. The normalized spacial score (nSPS) is 15.2. The first-order valence-corrected chi connectivity index (χ1v) is 11.4. The van der Waals surface area contributed by atoms with Crippen molar-refractivity contribution in [1.82, 2.24) is 9.21 Å². The number of amides is 1. The van der Waals surface area contributed by atoms with Crippen molar-refractivity contribution in [2.75, 3.05) is 32.8 Å². The first-order valence-electron chi connectivity index (χ1n) is 10.0. The standard InChI is InChI=1S/C22H27FN2O4S/c1-17-5-6-18(2)21(16-17)29-15-3-4-22(26)24-11-13-25(14-12-24)30(27,28)20-9-7-19(23)8-10-20/h5-10,16H,3-4,11-15H2,1-2H3. The van der Waals surface area contributed by atoms with E-state index in [9.17, 15) is 17.6 Å². The Balaban J connectivity index is 1.45. The monoisotopic (exact) mass is 434 g/mol. The van der Waals surface area contributed by atoms with E-state index in [-0.39, 0.29) is 23.9 Å². The Kier molecular flexibility index (Phi) is 7.10. The fourth-order valence-electron chi connectivity index (χ4n) is 3.36. The SMILES string of the molecule is Cc1ccc(C)c(OCCCC(=O)N2CCN(S(=O)(=O)c3ccc(F)cc3)CC2)c1. The number of ether oxygens (including phenoxy) is 1. The molecule has 0 aliphatic carbocycles. The Morgan fingerprint density at radius 3 is 2.37 bits per heavy atom. The fraction of sp³-hybridized carbons (Fsp3) is 0.409. The lowest BCUT2D eigenvalue weighted by molar-refractivity contribution is -0.132. The summed E-state index contributed by atoms with van der Waals surface area (Å²) in [4.78, 5) is 14.2. The molecular weight excluding hydrogens is 407 g/mol. The van der Waals surface area contributed by atoms with Crippen LogP contribution in [0.1, 0.15) is 24.0 Å². The first kappa shape index (κ1) is 22.2. The molecule has 8 heteroatoms. The molecule has 1 saturated heterocycles. The van der Waals surface area contributed by atoms with Crippen LogP contribution < -0.4 is 4.74 Å². The van der Waals surface area contributed by atoms with Gasteiger partial charge >= 0.3 is 0 Å². The fourth-order valence-corrected chi connectivity index (χ4v) is 4.78. The molecule has 30 heavy (non-hydrogen) atoms. The molecule has 1 aliphatic rings. The molecule has 2 aromatic carbocycles. The van der Waals surface area contributed by atoms with Crippen LogP contribution in [-0.2, 0) is 14.8 Å². The number of aryl methyl sites for hydroxylation is 2. The summed E-state index contributed by atoms with van der Waals surface area (Å²) in [5.74, 6) is 0.353. The summed E-state index contributed by atoms with van der Waals surface area (Å²) >= 11 is 0. The Labute approximate surface area is 177 Å². The summed E-state index contributed by atoms with van der Waals surface area (Å²) in [6.45, 7) is 5.59. The second-order valence-electron chi connectivity index (χ2n) is 7.46. The number of carbonyl (C=O) groups is 1. The topological polar surface area (TPSA) is 66.9 Å². The molecule has 1 heterocycles. The maximum absolute atomic E-state index is 13.1. The summed E-state index contributed by atoms with van der Waals surface area (Å²) in [6.07, 6.45) is 0.954. The Bertz CT molecular complexity index is 985. The summed E-state index contributed by atoms with van der Waals surface area (Å²) in [6, 6.07) is 10.8. The maximum atomic E-state index is 13.1. The molecule has 1 amide bonds. The lowest BCUT2D eigenvalue weighted by Gasteiger charge is -2.34. The van der Waals surface area contributed by atoms with Crippen molar-refractivity contribution >= 4 is 15.9 Å². The molecule has 3 rings (SSSR count). The zero-order chi connectivity index (χ0) is 21.7. The average molecular weight is 435 g/mol. The van der Waals surface area contributed by atoms with Crippen molar-refractivity contribution in [2.24, 2.45) is 0 Å².